The molecular weight excluding hydrogens is 404 g/mol. The largest absolute Gasteiger partial charge is 0.389 e. The Labute approximate surface area is 189 Å². The number of β-amino-alcohol motifs (C(OH)–C–C–N with tert-alkyl or cyclic N) is 1. The van der Waals surface area contributed by atoms with E-state index in [-0.39, 0.29) is 6.10 Å². The molecule has 8 nitrogen and oxygen atoms in total. The summed E-state index contributed by atoms with van der Waals surface area (Å²) in [6, 6.07) is 6.85. The number of nitrogens with zero attached hydrogens (tertiary/aromatic N) is 4. The molecule has 3 N–H and O–H groups in total. The lowest BCUT2D eigenvalue weighted by Gasteiger charge is -2.41. The molecule has 0 atom stereocenters. The summed E-state index contributed by atoms with van der Waals surface area (Å²) in [6.45, 7) is 9.21. The summed E-state index contributed by atoms with van der Waals surface area (Å²) in [4.78, 5) is 13.7. The van der Waals surface area contributed by atoms with E-state index in [1.807, 2.05) is 17.9 Å². The Bertz CT molecular complexity index is 994. The fraction of sp³-hybridized carbons (Fsp3) is 0.542. The number of aliphatic hydroxyl groups is 1. The zero-order chi connectivity index (χ0) is 22.2. The van der Waals surface area contributed by atoms with Gasteiger partial charge < -0.3 is 25.5 Å². The van der Waals surface area contributed by atoms with Gasteiger partial charge in [0.15, 0.2) is 0 Å². The van der Waals surface area contributed by atoms with E-state index in [4.69, 9.17) is 10.1 Å². The predicted molar refractivity (Wildman–Crippen MR) is 125 cm³/mol. The number of ether oxygens (including phenoxy) is 1. The number of nitrogens with one attached hydrogen (secondary N) is 2. The van der Waals surface area contributed by atoms with Gasteiger partial charge in [0.1, 0.15) is 17.5 Å². The third kappa shape index (κ3) is 4.22. The second-order valence-electron chi connectivity index (χ2n) is 9.28. The van der Waals surface area contributed by atoms with Crippen LogP contribution in [0.1, 0.15) is 41.3 Å². The van der Waals surface area contributed by atoms with Crippen molar-refractivity contribution in [3.8, 4) is 0 Å². The minimum atomic E-state index is -0.283. The highest BCUT2D eigenvalue weighted by atomic mass is 16.5. The molecule has 0 aliphatic carbocycles. The molecule has 170 valence electrons. The molecule has 3 aliphatic rings. The van der Waals surface area contributed by atoms with Gasteiger partial charge in [-0.1, -0.05) is 0 Å². The highest BCUT2D eigenvalue weighted by Gasteiger charge is 2.31. The number of aryl methyl sites for hydroxylation is 2. The molecule has 0 unspecified atom stereocenters. The highest BCUT2D eigenvalue weighted by Crippen LogP contribution is 2.35. The van der Waals surface area contributed by atoms with E-state index in [0.717, 1.165) is 56.2 Å². The lowest BCUT2D eigenvalue weighted by Crippen LogP contribution is -2.51. The van der Waals surface area contributed by atoms with Gasteiger partial charge >= 0.3 is 0 Å². The van der Waals surface area contributed by atoms with Gasteiger partial charge in [-0.2, -0.15) is 0 Å². The zero-order valence-electron chi connectivity index (χ0n) is 18.8. The van der Waals surface area contributed by atoms with Crippen molar-refractivity contribution in [1.29, 1.82) is 5.41 Å². The topological polar surface area (TPSA) is 97.6 Å². The molecule has 2 aromatic rings. The molecule has 3 fully saturated rings. The van der Waals surface area contributed by atoms with Gasteiger partial charge in [-0.3, -0.25) is 4.90 Å². The average Bonchev–Trinajstić information content (AvgIpc) is 2.71. The van der Waals surface area contributed by atoms with Crippen molar-refractivity contribution in [2.75, 3.05) is 49.6 Å². The summed E-state index contributed by atoms with van der Waals surface area (Å²) in [5.74, 6) is 2.74. The van der Waals surface area contributed by atoms with E-state index in [1.165, 1.54) is 17.3 Å². The molecule has 0 spiro atoms. The lowest BCUT2D eigenvalue weighted by atomic mass is 9.85. The maximum atomic E-state index is 9.63. The van der Waals surface area contributed by atoms with Crippen molar-refractivity contribution in [3.05, 3.63) is 40.7 Å². The Morgan fingerprint density at radius 2 is 1.88 bits per heavy atom. The number of piperidine rings is 1. The zero-order valence-corrected chi connectivity index (χ0v) is 18.8. The molecule has 3 aliphatic heterocycles. The van der Waals surface area contributed by atoms with Gasteiger partial charge in [0, 0.05) is 36.6 Å². The number of hydrogen-bond donors (Lipinski definition) is 3. The van der Waals surface area contributed by atoms with E-state index in [2.05, 4.69) is 39.2 Å². The van der Waals surface area contributed by atoms with E-state index >= 15 is 0 Å². The third-order valence-corrected chi connectivity index (χ3v) is 6.97. The van der Waals surface area contributed by atoms with Crippen molar-refractivity contribution >= 4 is 23.5 Å². The van der Waals surface area contributed by atoms with Crippen LogP contribution in [0.2, 0.25) is 0 Å². The molecule has 0 bridgehead atoms. The van der Waals surface area contributed by atoms with Gasteiger partial charge in [0.05, 0.1) is 25.4 Å². The predicted octanol–water partition coefficient (Wildman–Crippen LogP) is 2.59. The standard InChI is InChI=1S/C24H32N6O2/c1-15-7-18(10-25)22(8-21(15)17-3-5-29(6-4-17)19-13-32-14-19)28-23-9-24(27-16(2)26-23)30-11-20(31)12-30/h7-10,17,19-20,25,31H,3-6,11-14H2,1-2H3,(H,26,27,28). The first-order valence-corrected chi connectivity index (χ1v) is 11.5. The molecule has 0 saturated carbocycles. The first-order chi connectivity index (χ1) is 15.5. The summed E-state index contributed by atoms with van der Waals surface area (Å²) in [5, 5.41) is 21.0. The molecule has 3 saturated heterocycles. The smallest absolute Gasteiger partial charge is 0.136 e. The quantitative estimate of drug-likeness (QED) is 0.599. The SMILES string of the molecule is Cc1nc(Nc2cc(C3CCN(C4COC4)CC3)c(C)cc2C=N)cc(N2CC(O)C2)n1. The Balaban J connectivity index is 1.36. The minimum Gasteiger partial charge on any atom is -0.389 e. The van der Waals surface area contributed by atoms with Gasteiger partial charge in [-0.15, -0.1) is 0 Å². The number of benzene rings is 1. The Morgan fingerprint density at radius 1 is 1.12 bits per heavy atom. The highest BCUT2D eigenvalue weighted by molar-refractivity contribution is 5.88. The molecule has 4 heterocycles. The normalized spacial score (nSPS) is 20.7. The number of aliphatic hydroxyl groups excluding tert-OH is 1. The second kappa shape index (κ2) is 8.77. The van der Waals surface area contributed by atoms with Crippen LogP contribution in [-0.4, -0.2) is 77.7 Å². The monoisotopic (exact) mass is 436 g/mol. The van der Waals surface area contributed by atoms with E-state index < -0.39 is 0 Å². The Kier molecular flexibility index (Phi) is 5.84. The first kappa shape index (κ1) is 21.3. The lowest BCUT2D eigenvalue weighted by molar-refractivity contribution is -0.0712. The first-order valence-electron chi connectivity index (χ1n) is 11.5. The fourth-order valence-electron chi connectivity index (χ4n) is 4.98. The van der Waals surface area contributed by atoms with Crippen molar-refractivity contribution in [2.45, 2.75) is 44.8 Å². The van der Waals surface area contributed by atoms with E-state index in [0.29, 0.717) is 36.7 Å². The summed E-state index contributed by atoms with van der Waals surface area (Å²) in [7, 11) is 0. The summed E-state index contributed by atoms with van der Waals surface area (Å²) in [6.07, 6.45) is 3.41. The van der Waals surface area contributed by atoms with E-state index in [1.54, 1.807) is 0 Å². The molecule has 32 heavy (non-hydrogen) atoms. The van der Waals surface area contributed by atoms with E-state index in [9.17, 15) is 5.11 Å². The number of aromatic nitrogens is 2. The Hall–Kier alpha value is -2.55. The molecule has 1 aromatic carbocycles. The molecule has 5 rings (SSSR count). The summed E-state index contributed by atoms with van der Waals surface area (Å²) in [5.41, 5.74) is 4.36. The summed E-state index contributed by atoms with van der Waals surface area (Å²) < 4.78 is 5.37. The molecule has 1 aromatic heterocycles. The van der Waals surface area contributed by atoms with Gasteiger partial charge in [0.25, 0.3) is 0 Å². The van der Waals surface area contributed by atoms with Crippen LogP contribution in [0.4, 0.5) is 17.3 Å². The fourth-order valence-corrected chi connectivity index (χ4v) is 4.98. The maximum Gasteiger partial charge on any atom is 0.136 e. The van der Waals surface area contributed by atoms with Crippen molar-refractivity contribution in [1.82, 2.24) is 14.9 Å². The van der Waals surface area contributed by atoms with Crippen LogP contribution in [0.3, 0.4) is 0 Å². The number of hydrogen-bond acceptors (Lipinski definition) is 8. The van der Waals surface area contributed by atoms with Crippen LogP contribution >= 0.6 is 0 Å². The molecule has 8 heteroatoms. The van der Waals surface area contributed by atoms with Crippen LogP contribution < -0.4 is 10.2 Å². The van der Waals surface area contributed by atoms with Crippen LogP contribution in [0, 0.1) is 19.3 Å². The van der Waals surface area contributed by atoms with Gasteiger partial charge in [0.2, 0.25) is 0 Å². The number of rotatable bonds is 6. The van der Waals surface area contributed by atoms with Crippen LogP contribution in [-0.2, 0) is 4.74 Å². The average molecular weight is 437 g/mol. The van der Waals surface area contributed by atoms with Gasteiger partial charge in [-0.25, -0.2) is 9.97 Å². The molecular formula is C24H32N6O2. The van der Waals surface area contributed by atoms with Crippen molar-refractivity contribution < 1.29 is 9.84 Å². The minimum absolute atomic E-state index is 0.283. The number of anilines is 3. The second-order valence-corrected chi connectivity index (χ2v) is 9.28. The summed E-state index contributed by atoms with van der Waals surface area (Å²) >= 11 is 0. The Morgan fingerprint density at radius 3 is 2.50 bits per heavy atom. The van der Waals surface area contributed by atoms with Gasteiger partial charge in [-0.05, 0) is 69.0 Å². The van der Waals surface area contributed by atoms with Crippen LogP contribution in [0.25, 0.3) is 0 Å². The molecule has 0 amide bonds. The molecule has 0 radical (unpaired) electrons. The van der Waals surface area contributed by atoms with Crippen LogP contribution in [0.5, 0.6) is 0 Å². The maximum absolute atomic E-state index is 9.63. The number of likely N-dealkylation sites (tertiary alicyclic amines) is 1. The van der Waals surface area contributed by atoms with Crippen molar-refractivity contribution in [3.63, 3.8) is 0 Å². The third-order valence-electron chi connectivity index (χ3n) is 6.97. The van der Waals surface area contributed by atoms with Crippen LogP contribution in [0.15, 0.2) is 18.2 Å². The van der Waals surface area contributed by atoms with Crippen molar-refractivity contribution in [2.24, 2.45) is 0 Å².